The van der Waals surface area contributed by atoms with Crippen LogP contribution in [-0.2, 0) is 0 Å². The van der Waals surface area contributed by atoms with Gasteiger partial charge in [0.15, 0.2) is 0 Å². The number of hydrogen-bond acceptors (Lipinski definition) is 5. The van der Waals surface area contributed by atoms with Gasteiger partial charge in [-0.1, -0.05) is 11.8 Å². The molecule has 0 unspecified atom stereocenters. The fourth-order valence-electron chi connectivity index (χ4n) is 1.69. The van der Waals surface area contributed by atoms with Crippen molar-refractivity contribution in [2.75, 3.05) is 12.4 Å². The Morgan fingerprint density at radius 2 is 1.65 bits per heavy atom. The van der Waals surface area contributed by atoms with Gasteiger partial charge in [0.05, 0.1) is 16.6 Å². The molecule has 3 aromatic rings. The summed E-state index contributed by atoms with van der Waals surface area (Å²) in [5.41, 5.74) is 3.26. The summed E-state index contributed by atoms with van der Waals surface area (Å²) in [6, 6.07) is 5.70. The molecule has 0 saturated heterocycles. The van der Waals surface area contributed by atoms with E-state index in [2.05, 4.69) is 37.1 Å². The second kappa shape index (κ2) is 5.33. The lowest BCUT2D eigenvalue weighted by molar-refractivity contribution is 1.14. The summed E-state index contributed by atoms with van der Waals surface area (Å²) in [6.45, 7) is 0. The molecule has 3 aromatic heterocycles. The maximum Gasteiger partial charge on any atom is 0.222 e. The van der Waals surface area contributed by atoms with Crippen molar-refractivity contribution in [1.29, 1.82) is 0 Å². The first-order valence-corrected chi connectivity index (χ1v) is 6.08. The molecule has 96 valence electrons. The molecule has 3 heterocycles. The largest absolute Gasteiger partial charge is 0.357 e. The van der Waals surface area contributed by atoms with Gasteiger partial charge >= 0.3 is 0 Å². The zero-order valence-electron chi connectivity index (χ0n) is 10.8. The molecule has 0 spiro atoms. The molecule has 0 aromatic carbocycles. The highest BCUT2D eigenvalue weighted by atomic mass is 15.1. The maximum atomic E-state index is 4.31. The van der Waals surface area contributed by atoms with Crippen molar-refractivity contribution in [2.45, 2.75) is 0 Å². The third-order valence-electron chi connectivity index (χ3n) is 2.68. The van der Waals surface area contributed by atoms with Gasteiger partial charge in [-0.25, -0.2) is 9.97 Å². The Morgan fingerprint density at radius 1 is 0.900 bits per heavy atom. The first-order chi connectivity index (χ1) is 9.85. The van der Waals surface area contributed by atoms with Gasteiger partial charge in [0, 0.05) is 37.4 Å². The molecule has 0 saturated carbocycles. The Bertz CT molecular complexity index is 800. The van der Waals surface area contributed by atoms with Crippen LogP contribution in [0.4, 0.5) is 5.95 Å². The van der Waals surface area contributed by atoms with Crippen molar-refractivity contribution in [2.24, 2.45) is 0 Å². The van der Waals surface area contributed by atoms with Crippen LogP contribution in [-0.4, -0.2) is 27.0 Å². The number of nitrogens with zero attached hydrogens (tertiary/aromatic N) is 4. The van der Waals surface area contributed by atoms with Crippen molar-refractivity contribution in [3.05, 3.63) is 54.1 Å². The predicted molar refractivity (Wildman–Crippen MR) is 77.1 cm³/mol. The zero-order chi connectivity index (χ0) is 13.8. The van der Waals surface area contributed by atoms with E-state index in [1.165, 1.54) is 0 Å². The number of rotatable bonds is 1. The van der Waals surface area contributed by atoms with Crippen molar-refractivity contribution in [3.63, 3.8) is 0 Å². The second-order valence-corrected chi connectivity index (χ2v) is 4.06. The molecule has 0 bridgehead atoms. The number of aromatic nitrogens is 4. The fourth-order valence-corrected chi connectivity index (χ4v) is 1.69. The van der Waals surface area contributed by atoms with E-state index in [1.807, 2.05) is 18.2 Å². The lowest BCUT2D eigenvalue weighted by Crippen LogP contribution is -1.95. The van der Waals surface area contributed by atoms with Gasteiger partial charge in [0.1, 0.15) is 0 Å². The Balaban J connectivity index is 1.90. The summed E-state index contributed by atoms with van der Waals surface area (Å²) in [5, 5.41) is 2.86. The van der Waals surface area contributed by atoms with Crippen molar-refractivity contribution < 1.29 is 0 Å². The van der Waals surface area contributed by atoms with E-state index in [-0.39, 0.29) is 0 Å². The lowest BCUT2D eigenvalue weighted by atomic mass is 10.2. The molecule has 0 fully saturated rings. The SMILES string of the molecule is CNc1ncc(C#Cc2cnc3cccnc3c2)cn1. The van der Waals surface area contributed by atoms with Crippen LogP contribution >= 0.6 is 0 Å². The molecule has 0 atom stereocenters. The summed E-state index contributed by atoms with van der Waals surface area (Å²) >= 11 is 0. The molecule has 3 rings (SSSR count). The van der Waals surface area contributed by atoms with Gasteiger partial charge in [0.2, 0.25) is 5.95 Å². The summed E-state index contributed by atoms with van der Waals surface area (Å²) in [5.74, 6) is 6.62. The van der Waals surface area contributed by atoms with E-state index in [0.717, 1.165) is 22.2 Å². The van der Waals surface area contributed by atoms with E-state index >= 15 is 0 Å². The minimum Gasteiger partial charge on any atom is -0.357 e. The van der Waals surface area contributed by atoms with Gasteiger partial charge in [-0.2, -0.15) is 0 Å². The molecule has 20 heavy (non-hydrogen) atoms. The highest BCUT2D eigenvalue weighted by Gasteiger charge is 1.96. The van der Waals surface area contributed by atoms with Crippen LogP contribution in [0.25, 0.3) is 11.0 Å². The van der Waals surface area contributed by atoms with Crippen LogP contribution in [0, 0.1) is 11.8 Å². The summed E-state index contributed by atoms with van der Waals surface area (Å²) in [4.78, 5) is 16.8. The van der Waals surface area contributed by atoms with Crippen LogP contribution in [0.2, 0.25) is 0 Å². The first kappa shape index (κ1) is 12.1. The van der Waals surface area contributed by atoms with Crippen molar-refractivity contribution in [1.82, 2.24) is 19.9 Å². The van der Waals surface area contributed by atoms with Gasteiger partial charge < -0.3 is 5.32 Å². The number of nitrogens with one attached hydrogen (secondary N) is 1. The molecular weight excluding hydrogens is 250 g/mol. The second-order valence-electron chi connectivity index (χ2n) is 4.06. The molecular formula is C15H11N5. The molecule has 0 aliphatic heterocycles. The third-order valence-corrected chi connectivity index (χ3v) is 2.68. The van der Waals surface area contributed by atoms with Crippen molar-refractivity contribution >= 4 is 17.0 Å². The minimum absolute atomic E-state index is 0.576. The summed E-state index contributed by atoms with van der Waals surface area (Å²) in [6.07, 6.45) is 6.84. The molecule has 0 aliphatic rings. The van der Waals surface area contributed by atoms with Gasteiger partial charge in [-0.05, 0) is 18.2 Å². The predicted octanol–water partition coefficient (Wildman–Crippen LogP) is 1.86. The highest BCUT2D eigenvalue weighted by Crippen LogP contribution is 2.09. The fraction of sp³-hybridized carbons (Fsp3) is 0.0667. The monoisotopic (exact) mass is 261 g/mol. The summed E-state index contributed by atoms with van der Waals surface area (Å²) in [7, 11) is 1.77. The van der Waals surface area contributed by atoms with E-state index in [4.69, 9.17) is 0 Å². The van der Waals surface area contributed by atoms with Crippen LogP contribution in [0.1, 0.15) is 11.1 Å². The van der Waals surface area contributed by atoms with Crippen LogP contribution < -0.4 is 5.32 Å². The molecule has 0 aliphatic carbocycles. The van der Waals surface area contributed by atoms with Crippen molar-refractivity contribution in [3.8, 4) is 11.8 Å². The highest BCUT2D eigenvalue weighted by molar-refractivity contribution is 5.74. The molecule has 0 radical (unpaired) electrons. The van der Waals surface area contributed by atoms with Crippen LogP contribution in [0.15, 0.2) is 43.0 Å². The van der Waals surface area contributed by atoms with E-state index in [9.17, 15) is 0 Å². The van der Waals surface area contributed by atoms with Gasteiger partial charge in [0.25, 0.3) is 0 Å². The molecule has 5 nitrogen and oxygen atoms in total. The Labute approximate surface area is 116 Å². The van der Waals surface area contributed by atoms with Crippen LogP contribution in [0.5, 0.6) is 0 Å². The van der Waals surface area contributed by atoms with Crippen LogP contribution in [0.3, 0.4) is 0 Å². The molecule has 1 N–H and O–H groups in total. The minimum atomic E-state index is 0.576. The normalized spacial score (nSPS) is 9.85. The number of hydrogen-bond donors (Lipinski definition) is 1. The maximum absolute atomic E-state index is 4.31. The average Bonchev–Trinajstić information content (AvgIpc) is 2.53. The smallest absolute Gasteiger partial charge is 0.222 e. The summed E-state index contributed by atoms with van der Waals surface area (Å²) < 4.78 is 0. The van der Waals surface area contributed by atoms with E-state index < -0.39 is 0 Å². The Kier molecular flexibility index (Phi) is 3.21. The van der Waals surface area contributed by atoms with E-state index in [1.54, 1.807) is 31.8 Å². The third kappa shape index (κ3) is 2.54. The lowest BCUT2D eigenvalue weighted by Gasteiger charge is -1.96. The Hall–Kier alpha value is -3.00. The van der Waals surface area contributed by atoms with Gasteiger partial charge in [-0.15, -0.1) is 0 Å². The molecule has 0 amide bonds. The molecule has 5 heteroatoms. The van der Waals surface area contributed by atoms with Gasteiger partial charge in [-0.3, -0.25) is 9.97 Å². The number of anilines is 1. The Morgan fingerprint density at radius 3 is 2.45 bits per heavy atom. The topological polar surface area (TPSA) is 63.6 Å². The first-order valence-electron chi connectivity index (χ1n) is 6.08. The zero-order valence-corrected chi connectivity index (χ0v) is 10.8. The number of fused-ring (bicyclic) bond motifs is 1. The van der Waals surface area contributed by atoms with E-state index in [0.29, 0.717) is 5.95 Å². The quantitative estimate of drug-likeness (QED) is 0.677. The average molecular weight is 261 g/mol. The standard InChI is InChI=1S/C15H11N5/c1-16-15-19-9-12(10-20-15)5-4-11-7-14-13(18-8-11)3-2-6-17-14/h2-3,6-10H,1H3,(H,16,19,20). The number of pyridine rings is 2.